The zero-order valence-electron chi connectivity index (χ0n) is 14.7. The van der Waals surface area contributed by atoms with Crippen LogP contribution in [0.2, 0.25) is 5.02 Å². The van der Waals surface area contributed by atoms with E-state index < -0.39 is 10.0 Å². The summed E-state index contributed by atoms with van der Waals surface area (Å²) in [5.41, 5.74) is 0.667. The molecule has 0 bridgehead atoms. The van der Waals surface area contributed by atoms with Crippen LogP contribution in [0.15, 0.2) is 53.4 Å². The van der Waals surface area contributed by atoms with E-state index in [1.54, 1.807) is 12.1 Å². The van der Waals surface area contributed by atoms with Gasteiger partial charge < -0.3 is 10.1 Å². The normalized spacial score (nSPS) is 15.3. The highest BCUT2D eigenvalue weighted by Crippen LogP contribution is 2.29. The van der Waals surface area contributed by atoms with E-state index in [9.17, 15) is 13.2 Å². The number of halogens is 1. The third-order valence-corrected chi connectivity index (χ3v) is 6.46. The number of carbonyl (C=O) groups excluding carboxylic acids is 1. The molecule has 0 spiro atoms. The highest BCUT2D eigenvalue weighted by molar-refractivity contribution is 7.89. The highest BCUT2D eigenvalue weighted by Gasteiger charge is 2.26. The van der Waals surface area contributed by atoms with Crippen molar-refractivity contribution in [3.63, 3.8) is 0 Å². The van der Waals surface area contributed by atoms with Gasteiger partial charge in [0.1, 0.15) is 5.75 Å². The lowest BCUT2D eigenvalue weighted by atomic mass is 10.2. The molecular weight excluding hydrogens is 388 g/mol. The van der Waals surface area contributed by atoms with Crippen LogP contribution in [-0.4, -0.2) is 38.3 Å². The number of hydrogen-bond acceptors (Lipinski definition) is 4. The number of para-hydroxylation sites is 1. The number of anilines is 1. The Bertz CT molecular complexity index is 897. The molecule has 0 aromatic heterocycles. The quantitative estimate of drug-likeness (QED) is 0.793. The molecule has 0 unspecified atom stereocenters. The average Bonchev–Trinajstić information content (AvgIpc) is 2.68. The van der Waals surface area contributed by atoms with Gasteiger partial charge in [-0.15, -0.1) is 0 Å². The zero-order chi connectivity index (χ0) is 19.3. The Labute approximate surface area is 164 Å². The second-order valence-electron chi connectivity index (χ2n) is 6.26. The van der Waals surface area contributed by atoms with E-state index in [0.717, 1.165) is 19.3 Å². The lowest BCUT2D eigenvalue weighted by molar-refractivity contribution is -0.118. The predicted octanol–water partition coefficient (Wildman–Crippen LogP) is 3.53. The summed E-state index contributed by atoms with van der Waals surface area (Å²) < 4.78 is 32.3. The predicted molar refractivity (Wildman–Crippen MR) is 105 cm³/mol. The SMILES string of the molecule is O=C(COc1ccc(S(=O)(=O)N2CCCCC2)cc1Cl)Nc1ccccc1. The molecule has 1 aliphatic heterocycles. The summed E-state index contributed by atoms with van der Waals surface area (Å²) in [6.45, 7) is 0.822. The van der Waals surface area contributed by atoms with Crippen LogP contribution in [0.5, 0.6) is 5.75 Å². The molecule has 6 nitrogen and oxygen atoms in total. The van der Waals surface area contributed by atoms with Gasteiger partial charge in [-0.25, -0.2) is 8.42 Å². The van der Waals surface area contributed by atoms with Crippen molar-refractivity contribution >= 4 is 33.2 Å². The van der Waals surface area contributed by atoms with Crippen LogP contribution in [0.1, 0.15) is 19.3 Å². The van der Waals surface area contributed by atoms with E-state index >= 15 is 0 Å². The van der Waals surface area contributed by atoms with Crippen molar-refractivity contribution in [1.82, 2.24) is 4.31 Å². The van der Waals surface area contributed by atoms with Crippen molar-refractivity contribution in [3.05, 3.63) is 53.6 Å². The number of hydrogen-bond donors (Lipinski definition) is 1. The van der Waals surface area contributed by atoms with Crippen LogP contribution in [0.3, 0.4) is 0 Å². The Kier molecular flexibility index (Phi) is 6.36. The maximum atomic E-state index is 12.7. The molecule has 1 amide bonds. The summed E-state index contributed by atoms with van der Waals surface area (Å²) in [5.74, 6) is -0.0697. The Balaban J connectivity index is 1.63. The molecule has 1 fully saturated rings. The lowest BCUT2D eigenvalue weighted by Gasteiger charge is -2.26. The van der Waals surface area contributed by atoms with Gasteiger partial charge in [-0.2, -0.15) is 4.31 Å². The standard InChI is InChI=1S/C19H21ClN2O4S/c20-17-13-16(27(24,25)22-11-5-2-6-12-22)9-10-18(17)26-14-19(23)21-15-7-3-1-4-8-15/h1,3-4,7-10,13H,2,5-6,11-12,14H2,(H,21,23). The molecule has 1 aliphatic rings. The van der Waals surface area contributed by atoms with E-state index in [0.29, 0.717) is 18.8 Å². The van der Waals surface area contributed by atoms with Gasteiger partial charge in [0.25, 0.3) is 5.91 Å². The van der Waals surface area contributed by atoms with Crippen molar-refractivity contribution in [3.8, 4) is 5.75 Å². The maximum absolute atomic E-state index is 12.7. The molecule has 2 aromatic carbocycles. The number of benzene rings is 2. The molecular formula is C19H21ClN2O4S. The van der Waals surface area contributed by atoms with Crippen molar-refractivity contribution < 1.29 is 17.9 Å². The molecule has 1 saturated heterocycles. The molecule has 3 rings (SSSR count). The van der Waals surface area contributed by atoms with Gasteiger partial charge in [0, 0.05) is 18.8 Å². The van der Waals surface area contributed by atoms with Gasteiger partial charge in [-0.3, -0.25) is 4.79 Å². The molecule has 2 aromatic rings. The number of nitrogens with zero attached hydrogens (tertiary/aromatic N) is 1. The van der Waals surface area contributed by atoms with E-state index in [-0.39, 0.29) is 28.2 Å². The van der Waals surface area contributed by atoms with E-state index in [2.05, 4.69) is 5.32 Å². The number of nitrogens with one attached hydrogen (secondary N) is 1. The minimum atomic E-state index is -3.56. The molecule has 27 heavy (non-hydrogen) atoms. The molecule has 8 heteroatoms. The first kappa shape index (κ1) is 19.7. The Hall–Kier alpha value is -2.09. The molecule has 1 N–H and O–H groups in total. The minimum Gasteiger partial charge on any atom is -0.482 e. The fraction of sp³-hybridized carbons (Fsp3) is 0.316. The number of ether oxygens (including phenoxy) is 1. The fourth-order valence-electron chi connectivity index (χ4n) is 2.88. The largest absolute Gasteiger partial charge is 0.482 e. The van der Waals surface area contributed by atoms with Crippen molar-refractivity contribution in [2.75, 3.05) is 25.0 Å². The first-order chi connectivity index (χ1) is 13.0. The summed E-state index contributed by atoms with van der Waals surface area (Å²) >= 11 is 6.18. The number of carbonyl (C=O) groups is 1. The third kappa shape index (κ3) is 5.00. The van der Waals surface area contributed by atoms with Gasteiger partial charge >= 0.3 is 0 Å². The second-order valence-corrected chi connectivity index (χ2v) is 8.60. The highest BCUT2D eigenvalue weighted by atomic mass is 35.5. The average molecular weight is 409 g/mol. The van der Waals surface area contributed by atoms with Gasteiger partial charge in [0.15, 0.2) is 6.61 Å². The van der Waals surface area contributed by atoms with Crippen molar-refractivity contribution in [2.24, 2.45) is 0 Å². The summed E-state index contributed by atoms with van der Waals surface area (Å²) in [6, 6.07) is 13.3. The zero-order valence-corrected chi connectivity index (χ0v) is 16.3. The molecule has 0 saturated carbocycles. The first-order valence-electron chi connectivity index (χ1n) is 8.74. The Morgan fingerprint density at radius 1 is 1.07 bits per heavy atom. The maximum Gasteiger partial charge on any atom is 0.262 e. The van der Waals surface area contributed by atoms with E-state index in [1.807, 2.05) is 18.2 Å². The summed E-state index contributed by atoms with van der Waals surface area (Å²) in [4.78, 5) is 12.1. The monoisotopic (exact) mass is 408 g/mol. The smallest absolute Gasteiger partial charge is 0.262 e. The van der Waals surface area contributed by atoms with Crippen LogP contribution >= 0.6 is 11.6 Å². The van der Waals surface area contributed by atoms with E-state index in [1.165, 1.54) is 22.5 Å². The van der Waals surface area contributed by atoms with Crippen molar-refractivity contribution in [2.45, 2.75) is 24.2 Å². The summed E-state index contributed by atoms with van der Waals surface area (Å²) in [6.07, 6.45) is 2.78. The fourth-order valence-corrected chi connectivity index (χ4v) is 4.72. The summed E-state index contributed by atoms with van der Waals surface area (Å²) in [7, 11) is -3.56. The van der Waals surface area contributed by atoms with Crippen LogP contribution in [0.4, 0.5) is 5.69 Å². The van der Waals surface area contributed by atoms with Gasteiger partial charge in [0.05, 0.1) is 9.92 Å². The Morgan fingerprint density at radius 3 is 2.44 bits per heavy atom. The minimum absolute atomic E-state index is 0.135. The van der Waals surface area contributed by atoms with Crippen LogP contribution in [0, 0.1) is 0 Å². The third-order valence-electron chi connectivity index (χ3n) is 4.27. The van der Waals surface area contributed by atoms with Gasteiger partial charge in [-0.05, 0) is 43.2 Å². The van der Waals surface area contributed by atoms with Crippen LogP contribution in [-0.2, 0) is 14.8 Å². The molecule has 0 radical (unpaired) electrons. The molecule has 144 valence electrons. The molecule has 1 heterocycles. The van der Waals surface area contributed by atoms with Gasteiger partial charge in [-0.1, -0.05) is 36.2 Å². The number of amides is 1. The molecule has 0 atom stereocenters. The molecule has 0 aliphatic carbocycles. The van der Waals surface area contributed by atoms with Crippen LogP contribution < -0.4 is 10.1 Å². The first-order valence-corrected chi connectivity index (χ1v) is 10.6. The summed E-state index contributed by atoms with van der Waals surface area (Å²) in [5, 5.41) is 2.85. The lowest BCUT2D eigenvalue weighted by Crippen LogP contribution is -2.35. The number of sulfonamides is 1. The van der Waals surface area contributed by atoms with Gasteiger partial charge in [0.2, 0.25) is 10.0 Å². The van der Waals surface area contributed by atoms with Crippen molar-refractivity contribution in [1.29, 1.82) is 0 Å². The van der Waals surface area contributed by atoms with E-state index in [4.69, 9.17) is 16.3 Å². The topological polar surface area (TPSA) is 75.7 Å². The number of rotatable bonds is 6. The number of piperidine rings is 1. The van der Waals surface area contributed by atoms with Crippen LogP contribution in [0.25, 0.3) is 0 Å². The second kappa shape index (κ2) is 8.73. The Morgan fingerprint density at radius 2 is 1.78 bits per heavy atom.